The van der Waals surface area contributed by atoms with Gasteiger partial charge in [0.25, 0.3) is 11.5 Å². The van der Waals surface area contributed by atoms with E-state index in [0.717, 1.165) is 53.8 Å². The maximum Gasteiger partial charge on any atom is 0.263 e. The lowest BCUT2D eigenvalue weighted by atomic mass is 10.1. The van der Waals surface area contributed by atoms with E-state index >= 15 is 0 Å². The third-order valence-electron chi connectivity index (χ3n) is 5.96. The van der Waals surface area contributed by atoms with Crippen LogP contribution in [-0.4, -0.2) is 47.5 Å². The zero-order valence-electron chi connectivity index (χ0n) is 20.8. The van der Waals surface area contributed by atoms with E-state index in [0.29, 0.717) is 5.56 Å². The number of amides is 1. The van der Waals surface area contributed by atoms with Crippen LogP contribution in [0, 0.1) is 11.6 Å². The quantitative estimate of drug-likeness (QED) is 0.319. The Morgan fingerprint density at radius 3 is 2.62 bits per heavy atom. The molecular weight excluding hydrogens is 476 g/mol. The van der Waals surface area contributed by atoms with Gasteiger partial charge in [-0.2, -0.15) is 0 Å². The van der Waals surface area contributed by atoms with Gasteiger partial charge in [0.15, 0.2) is 11.6 Å². The molecular formula is C28H29F2N5O2. The highest BCUT2D eigenvalue weighted by Crippen LogP contribution is 2.23. The summed E-state index contributed by atoms with van der Waals surface area (Å²) >= 11 is 0. The monoisotopic (exact) mass is 505 g/mol. The van der Waals surface area contributed by atoms with Gasteiger partial charge in [0, 0.05) is 36.6 Å². The van der Waals surface area contributed by atoms with Crippen molar-refractivity contribution in [2.24, 2.45) is 0 Å². The number of carbonyl (C=O) groups is 1. The molecule has 0 radical (unpaired) electrons. The van der Waals surface area contributed by atoms with Gasteiger partial charge >= 0.3 is 0 Å². The van der Waals surface area contributed by atoms with Gasteiger partial charge in [-0.15, -0.1) is 0 Å². The van der Waals surface area contributed by atoms with E-state index in [1.54, 1.807) is 12.3 Å². The number of hydrogen-bond acceptors (Lipinski definition) is 5. The third kappa shape index (κ3) is 6.56. The first-order chi connectivity index (χ1) is 17.8. The fourth-order valence-corrected chi connectivity index (χ4v) is 4.02. The van der Waals surface area contributed by atoms with Crippen LogP contribution >= 0.6 is 0 Å². The van der Waals surface area contributed by atoms with Crippen LogP contribution in [-0.2, 0) is 13.1 Å². The van der Waals surface area contributed by atoms with Gasteiger partial charge in [0.05, 0.1) is 12.1 Å². The highest BCUT2D eigenvalue weighted by atomic mass is 19.2. The Morgan fingerprint density at radius 1 is 1.03 bits per heavy atom. The van der Waals surface area contributed by atoms with Crippen LogP contribution in [0.3, 0.4) is 0 Å². The van der Waals surface area contributed by atoms with E-state index in [9.17, 15) is 18.4 Å². The minimum atomic E-state index is -0.989. The van der Waals surface area contributed by atoms with Crippen LogP contribution in [0.15, 0.2) is 71.8 Å². The summed E-state index contributed by atoms with van der Waals surface area (Å²) in [6.07, 6.45) is 4.26. The molecule has 0 atom stereocenters. The van der Waals surface area contributed by atoms with Crippen molar-refractivity contribution in [3.63, 3.8) is 0 Å². The molecule has 2 aromatic heterocycles. The van der Waals surface area contributed by atoms with Crippen molar-refractivity contribution in [3.8, 4) is 0 Å². The lowest BCUT2D eigenvalue weighted by Crippen LogP contribution is -2.32. The first-order valence-electron chi connectivity index (χ1n) is 12.0. The number of aromatic nitrogens is 2. The van der Waals surface area contributed by atoms with Crippen molar-refractivity contribution in [2.45, 2.75) is 19.5 Å². The van der Waals surface area contributed by atoms with Crippen molar-refractivity contribution < 1.29 is 13.6 Å². The second kappa shape index (κ2) is 11.7. The van der Waals surface area contributed by atoms with E-state index in [2.05, 4.69) is 20.5 Å². The summed E-state index contributed by atoms with van der Waals surface area (Å²) in [6.45, 7) is 2.04. The van der Waals surface area contributed by atoms with Crippen LogP contribution in [0.1, 0.15) is 27.9 Å². The molecule has 37 heavy (non-hydrogen) atoms. The number of nitrogens with zero attached hydrogens (tertiary/aromatic N) is 3. The molecule has 0 aliphatic rings. The van der Waals surface area contributed by atoms with Gasteiger partial charge in [-0.1, -0.05) is 12.1 Å². The van der Waals surface area contributed by atoms with Gasteiger partial charge in [-0.25, -0.2) is 8.78 Å². The molecule has 0 bridgehead atoms. The third-order valence-corrected chi connectivity index (χ3v) is 5.96. The zero-order chi connectivity index (χ0) is 26.4. The molecule has 4 rings (SSSR count). The highest BCUT2D eigenvalue weighted by Gasteiger charge is 2.13. The van der Waals surface area contributed by atoms with Crippen LogP contribution < -0.4 is 16.2 Å². The van der Waals surface area contributed by atoms with E-state index in [-0.39, 0.29) is 18.7 Å². The number of fused-ring (bicyclic) bond motifs is 1. The maximum atomic E-state index is 13.5. The van der Waals surface area contributed by atoms with Gasteiger partial charge in [0.2, 0.25) is 0 Å². The molecule has 0 aliphatic carbocycles. The standard InChI is InChI=1S/C28H29F2N5O2/c1-34(2)13-4-11-31-26-10-12-32-25-9-7-19(15-22(25)26)17-33-27(36)21-5-3-14-35(28(21)37)18-20-6-8-23(29)24(30)16-20/h3,5-10,12,14-16H,4,11,13,17-18H2,1-2H3,(H,31,32)(H,33,36). The van der Waals surface area contributed by atoms with E-state index < -0.39 is 23.1 Å². The second-order valence-electron chi connectivity index (χ2n) is 9.08. The Morgan fingerprint density at radius 2 is 1.84 bits per heavy atom. The molecule has 0 unspecified atom stereocenters. The Hall–Kier alpha value is -4.11. The molecule has 0 fully saturated rings. The van der Waals surface area contributed by atoms with Crippen molar-refractivity contribution >= 4 is 22.5 Å². The van der Waals surface area contributed by atoms with Crippen molar-refractivity contribution in [3.05, 3.63) is 106 Å². The topological polar surface area (TPSA) is 79.3 Å². The molecule has 2 N–H and O–H groups in total. The van der Waals surface area contributed by atoms with Gasteiger partial charge in [0.1, 0.15) is 5.56 Å². The van der Waals surface area contributed by atoms with Gasteiger partial charge in [-0.3, -0.25) is 14.6 Å². The van der Waals surface area contributed by atoms with Gasteiger partial charge < -0.3 is 20.1 Å². The number of hydrogen-bond donors (Lipinski definition) is 2. The Balaban J connectivity index is 1.45. The fraction of sp³-hybridized carbons (Fsp3) is 0.250. The van der Waals surface area contributed by atoms with E-state index in [4.69, 9.17) is 0 Å². The Kier molecular flexibility index (Phi) is 8.25. The first kappa shape index (κ1) is 26.0. The summed E-state index contributed by atoms with van der Waals surface area (Å²) in [5.41, 5.74) is 2.54. The van der Waals surface area contributed by atoms with E-state index in [1.165, 1.54) is 22.9 Å². The molecule has 2 heterocycles. The summed E-state index contributed by atoms with van der Waals surface area (Å²) in [5, 5.41) is 7.21. The lowest BCUT2D eigenvalue weighted by molar-refractivity contribution is 0.0949. The molecule has 2 aromatic carbocycles. The molecule has 7 nitrogen and oxygen atoms in total. The minimum absolute atomic E-state index is 0.0130. The number of anilines is 1. The van der Waals surface area contributed by atoms with E-state index in [1.807, 2.05) is 38.4 Å². The van der Waals surface area contributed by atoms with Crippen molar-refractivity contribution in [1.82, 2.24) is 19.8 Å². The molecule has 0 saturated carbocycles. The highest BCUT2D eigenvalue weighted by molar-refractivity contribution is 5.94. The van der Waals surface area contributed by atoms with Crippen LogP contribution in [0.25, 0.3) is 10.9 Å². The van der Waals surface area contributed by atoms with Crippen LogP contribution in [0.4, 0.5) is 14.5 Å². The summed E-state index contributed by atoms with van der Waals surface area (Å²) in [4.78, 5) is 32.3. The first-order valence-corrected chi connectivity index (χ1v) is 12.0. The lowest BCUT2D eigenvalue weighted by Gasteiger charge is -2.13. The fourth-order valence-electron chi connectivity index (χ4n) is 4.02. The average Bonchev–Trinajstić information content (AvgIpc) is 2.88. The summed E-state index contributed by atoms with van der Waals surface area (Å²) in [7, 11) is 4.08. The molecule has 0 saturated heterocycles. The molecule has 1 amide bonds. The molecule has 9 heteroatoms. The van der Waals surface area contributed by atoms with Crippen LogP contribution in [0.5, 0.6) is 0 Å². The van der Waals surface area contributed by atoms with Crippen molar-refractivity contribution in [2.75, 3.05) is 32.5 Å². The largest absolute Gasteiger partial charge is 0.384 e. The Labute approximate surface area is 213 Å². The number of benzene rings is 2. The smallest absolute Gasteiger partial charge is 0.263 e. The molecule has 192 valence electrons. The zero-order valence-corrected chi connectivity index (χ0v) is 20.8. The number of halogens is 2. The minimum Gasteiger partial charge on any atom is -0.384 e. The summed E-state index contributed by atoms with van der Waals surface area (Å²) in [6, 6.07) is 14.2. The average molecular weight is 506 g/mol. The van der Waals surface area contributed by atoms with Gasteiger partial charge in [-0.05, 0) is 80.7 Å². The predicted octanol–water partition coefficient (Wildman–Crippen LogP) is 4.02. The molecule has 4 aromatic rings. The summed E-state index contributed by atoms with van der Waals surface area (Å²) in [5.74, 6) is -2.46. The second-order valence-corrected chi connectivity index (χ2v) is 9.08. The molecule has 0 spiro atoms. The number of carbonyl (C=O) groups excluding carboxylic acids is 1. The number of nitrogens with one attached hydrogen (secondary N) is 2. The van der Waals surface area contributed by atoms with Crippen LogP contribution in [0.2, 0.25) is 0 Å². The predicted molar refractivity (Wildman–Crippen MR) is 141 cm³/mol. The SMILES string of the molecule is CN(C)CCCNc1ccnc2ccc(CNC(=O)c3cccn(Cc4ccc(F)c(F)c4)c3=O)cc12. The number of pyridine rings is 2. The maximum absolute atomic E-state index is 13.5. The Bertz CT molecular complexity index is 1470. The van der Waals surface area contributed by atoms with Crippen molar-refractivity contribution in [1.29, 1.82) is 0 Å². The molecule has 0 aliphatic heterocycles. The normalized spacial score (nSPS) is 11.2. The summed E-state index contributed by atoms with van der Waals surface area (Å²) < 4.78 is 28.0. The number of rotatable bonds is 10.